The van der Waals surface area contributed by atoms with E-state index in [4.69, 9.17) is 9.10 Å². The second-order valence-electron chi connectivity index (χ2n) is 13.9. The first kappa shape index (κ1) is 27.8. The smallest absolute Gasteiger partial charge is 0.254 e. The number of benzene rings is 3. The summed E-state index contributed by atoms with van der Waals surface area (Å²) in [4.78, 5) is 20.1. The standard InChI is InChI=1S/C37H43FN3O2PSi/c1-22(2)45(23(3)4,24(5)6)18-17-25-11-10-12-29-35(25)33-21-34(40(7)37(29)42)36-39-31-16-13-26(19-32(31)41(33)36)28-15-14-27(20-30(28)38)44(8,9)43/h10-16,19-20,22-24,33-34H,21H2,1-9H3/t33-,34-/m1/s1/i7D3. The van der Waals surface area contributed by atoms with E-state index >= 15 is 4.39 Å². The highest BCUT2D eigenvalue weighted by Gasteiger charge is 2.45. The molecular weight excluding hydrogens is 596 g/mol. The Morgan fingerprint density at radius 1 is 0.978 bits per heavy atom. The Balaban J connectivity index is 1.60. The molecular formula is C37H43FN3O2PSi. The molecule has 1 amide bonds. The number of hydrogen-bond acceptors (Lipinski definition) is 3. The molecule has 4 aromatic rings. The summed E-state index contributed by atoms with van der Waals surface area (Å²) in [6.45, 7) is 14.1. The van der Waals surface area contributed by atoms with E-state index in [1.807, 2.05) is 22.8 Å². The number of fused-ring (bicyclic) bond motifs is 9. The van der Waals surface area contributed by atoms with E-state index < -0.39 is 46.0 Å². The maximum atomic E-state index is 15.5. The van der Waals surface area contributed by atoms with Crippen LogP contribution in [0.4, 0.5) is 4.39 Å². The van der Waals surface area contributed by atoms with Gasteiger partial charge in [0, 0.05) is 45.1 Å². The summed E-state index contributed by atoms with van der Waals surface area (Å²) in [7, 11) is -4.79. The van der Waals surface area contributed by atoms with Gasteiger partial charge in [0.2, 0.25) is 0 Å². The molecule has 0 N–H and O–H groups in total. The van der Waals surface area contributed by atoms with Gasteiger partial charge in [-0.05, 0) is 65.8 Å². The molecule has 8 heteroatoms. The fourth-order valence-corrected chi connectivity index (χ4v) is 14.0. The van der Waals surface area contributed by atoms with Crippen molar-refractivity contribution in [2.75, 3.05) is 20.3 Å². The first-order valence-electron chi connectivity index (χ1n) is 17.2. The van der Waals surface area contributed by atoms with Gasteiger partial charge in [0.15, 0.2) is 0 Å². The monoisotopic (exact) mass is 642 g/mol. The predicted molar refractivity (Wildman–Crippen MR) is 186 cm³/mol. The average molecular weight is 643 g/mol. The number of hydrogen-bond donors (Lipinski definition) is 0. The zero-order valence-electron chi connectivity index (χ0n) is 30.3. The molecule has 0 fully saturated rings. The van der Waals surface area contributed by atoms with Gasteiger partial charge in [-0.15, -0.1) is 5.54 Å². The third kappa shape index (κ3) is 4.93. The minimum Gasteiger partial charge on any atom is -0.331 e. The predicted octanol–water partition coefficient (Wildman–Crippen LogP) is 8.78. The van der Waals surface area contributed by atoms with E-state index in [0.717, 1.165) is 16.0 Å². The van der Waals surface area contributed by atoms with Crippen molar-refractivity contribution in [2.24, 2.45) is 0 Å². The molecule has 0 unspecified atom stereocenters. The molecule has 45 heavy (non-hydrogen) atoms. The summed E-state index contributed by atoms with van der Waals surface area (Å²) >= 11 is 0. The van der Waals surface area contributed by atoms with Crippen molar-refractivity contribution in [2.45, 2.75) is 76.7 Å². The van der Waals surface area contributed by atoms with Crippen LogP contribution in [0.3, 0.4) is 0 Å². The van der Waals surface area contributed by atoms with Crippen LogP contribution in [-0.2, 0) is 4.57 Å². The van der Waals surface area contributed by atoms with Gasteiger partial charge in [-0.2, -0.15) is 0 Å². The lowest BCUT2D eigenvalue weighted by Gasteiger charge is -2.38. The number of rotatable bonds is 5. The first-order chi connectivity index (χ1) is 22.4. The van der Waals surface area contributed by atoms with Crippen LogP contribution < -0.4 is 5.30 Å². The second-order valence-corrected chi connectivity index (χ2v) is 22.7. The number of halogens is 1. The van der Waals surface area contributed by atoms with Gasteiger partial charge in [0.05, 0.1) is 23.1 Å². The minimum atomic E-state index is -2.70. The number of imidazole rings is 1. The van der Waals surface area contributed by atoms with Crippen molar-refractivity contribution < 1.29 is 17.9 Å². The highest BCUT2D eigenvalue weighted by atomic mass is 31.2. The molecule has 2 aliphatic rings. The maximum Gasteiger partial charge on any atom is 0.254 e. The average Bonchev–Trinajstić information content (AvgIpc) is 3.48. The Morgan fingerprint density at radius 2 is 1.69 bits per heavy atom. The van der Waals surface area contributed by atoms with E-state index in [-0.39, 0.29) is 0 Å². The summed E-state index contributed by atoms with van der Waals surface area (Å²) in [5.74, 6) is 3.04. The molecule has 0 radical (unpaired) electrons. The van der Waals surface area contributed by atoms with Crippen molar-refractivity contribution in [3.8, 4) is 22.6 Å². The van der Waals surface area contributed by atoms with Crippen molar-refractivity contribution >= 4 is 37.5 Å². The van der Waals surface area contributed by atoms with Crippen LogP contribution in [0.2, 0.25) is 16.6 Å². The lowest BCUT2D eigenvalue weighted by atomic mass is 9.93. The van der Waals surface area contributed by atoms with Gasteiger partial charge in [-0.25, -0.2) is 9.37 Å². The van der Waals surface area contributed by atoms with E-state index in [9.17, 15) is 9.36 Å². The summed E-state index contributed by atoms with van der Waals surface area (Å²) < 4.78 is 55.4. The third-order valence-electron chi connectivity index (χ3n) is 10.1. The Bertz CT molecular complexity index is 2050. The number of carbonyl (C=O) groups excluding carboxylic acids is 1. The van der Waals surface area contributed by atoms with Gasteiger partial charge < -0.3 is 14.0 Å². The van der Waals surface area contributed by atoms with Gasteiger partial charge >= 0.3 is 0 Å². The van der Waals surface area contributed by atoms with Crippen LogP contribution >= 0.6 is 7.14 Å². The zero-order valence-corrected chi connectivity index (χ0v) is 29.2. The summed E-state index contributed by atoms with van der Waals surface area (Å²) in [5, 5.41) is 0.472. The Hall–Kier alpha value is -3.46. The summed E-state index contributed by atoms with van der Waals surface area (Å²) in [6.07, 6.45) is 0.338. The fourth-order valence-electron chi connectivity index (χ4n) is 7.90. The quantitative estimate of drug-likeness (QED) is 0.124. The molecule has 2 bridgehead atoms. The molecule has 0 spiro atoms. The molecule has 2 aliphatic heterocycles. The van der Waals surface area contributed by atoms with Crippen LogP contribution in [0.25, 0.3) is 22.2 Å². The lowest BCUT2D eigenvalue weighted by Crippen LogP contribution is -2.43. The number of nitrogens with zero attached hydrogens (tertiary/aromatic N) is 3. The normalized spacial score (nSPS) is 19.2. The third-order valence-corrected chi connectivity index (χ3v) is 18.0. The number of carbonyl (C=O) groups is 1. The fraction of sp³-hybridized carbons (Fsp3) is 0.405. The molecule has 0 saturated heterocycles. The molecule has 234 valence electrons. The zero-order chi connectivity index (χ0) is 35.1. The van der Waals surface area contributed by atoms with Gasteiger partial charge in [0.1, 0.15) is 26.9 Å². The topological polar surface area (TPSA) is 55.2 Å². The second kappa shape index (κ2) is 11.1. The van der Waals surface area contributed by atoms with Crippen molar-refractivity contribution in [1.82, 2.24) is 14.5 Å². The SMILES string of the molecule is [2H]C([2H])([2H])N1C(=O)c2cccc(C#C[Si](C(C)C)(C(C)C)C(C)C)c2[C@H]2C[C@@H]1c1nc3ccc(-c4ccc(P(C)(C)=O)cc4F)cc3n12. The van der Waals surface area contributed by atoms with E-state index in [1.54, 1.807) is 43.7 Å². The summed E-state index contributed by atoms with van der Waals surface area (Å²) in [5.41, 5.74) is 9.16. The molecule has 3 heterocycles. The van der Waals surface area contributed by atoms with Crippen LogP contribution in [0.1, 0.15) is 91.5 Å². The van der Waals surface area contributed by atoms with E-state index in [1.165, 1.54) is 6.07 Å². The number of aromatic nitrogens is 2. The maximum absolute atomic E-state index is 15.5. The van der Waals surface area contributed by atoms with Crippen LogP contribution in [0, 0.1) is 17.3 Å². The van der Waals surface area contributed by atoms with Crippen molar-refractivity contribution in [3.05, 3.63) is 82.9 Å². The van der Waals surface area contributed by atoms with Crippen LogP contribution in [-0.4, -0.2) is 48.7 Å². The van der Waals surface area contributed by atoms with E-state index in [2.05, 4.69) is 53.0 Å². The van der Waals surface area contributed by atoms with Gasteiger partial charge in [-0.1, -0.05) is 71.7 Å². The van der Waals surface area contributed by atoms with Gasteiger partial charge in [0.25, 0.3) is 5.91 Å². The first-order valence-corrected chi connectivity index (χ1v) is 20.6. The van der Waals surface area contributed by atoms with Crippen LogP contribution in [0.15, 0.2) is 54.6 Å². The van der Waals surface area contributed by atoms with Gasteiger partial charge in [-0.3, -0.25) is 4.79 Å². The largest absolute Gasteiger partial charge is 0.331 e. The lowest BCUT2D eigenvalue weighted by molar-refractivity contribution is 0.0734. The van der Waals surface area contributed by atoms with Crippen LogP contribution in [0.5, 0.6) is 0 Å². The Morgan fingerprint density at radius 3 is 2.31 bits per heavy atom. The Kier molecular flexibility index (Phi) is 6.86. The highest BCUT2D eigenvalue weighted by Crippen LogP contribution is 2.49. The van der Waals surface area contributed by atoms with Crippen molar-refractivity contribution in [3.63, 3.8) is 0 Å². The number of amides is 1. The highest BCUT2D eigenvalue weighted by molar-refractivity contribution is 7.70. The minimum absolute atomic E-state index is 0.338. The molecule has 6 rings (SSSR count). The van der Waals surface area contributed by atoms with E-state index in [0.29, 0.717) is 61.9 Å². The molecule has 2 atom stereocenters. The molecule has 5 nitrogen and oxygen atoms in total. The van der Waals surface area contributed by atoms with Crippen molar-refractivity contribution in [1.29, 1.82) is 0 Å². The Labute approximate surface area is 271 Å². The molecule has 1 aromatic heterocycles. The molecule has 0 saturated carbocycles. The molecule has 0 aliphatic carbocycles. The molecule has 3 aromatic carbocycles. The summed E-state index contributed by atoms with van der Waals surface area (Å²) in [6, 6.07) is 14.4.